The van der Waals surface area contributed by atoms with Crippen molar-refractivity contribution in [2.24, 2.45) is 13.0 Å². The second-order valence-electron chi connectivity index (χ2n) is 6.10. The van der Waals surface area contributed by atoms with Crippen molar-refractivity contribution in [3.8, 4) is 0 Å². The highest BCUT2D eigenvalue weighted by Crippen LogP contribution is 2.17. The Kier molecular flexibility index (Phi) is 4.22. The van der Waals surface area contributed by atoms with Crippen LogP contribution in [0.5, 0.6) is 0 Å². The van der Waals surface area contributed by atoms with Crippen LogP contribution in [0.2, 0.25) is 0 Å². The van der Waals surface area contributed by atoms with Crippen LogP contribution in [0.4, 0.5) is 0 Å². The molecule has 0 aliphatic carbocycles. The molecule has 1 N–H and O–H groups in total. The molecule has 2 aromatic rings. The van der Waals surface area contributed by atoms with E-state index in [2.05, 4.69) is 33.3 Å². The quantitative estimate of drug-likeness (QED) is 0.909. The Balaban J connectivity index is 1.57. The van der Waals surface area contributed by atoms with Gasteiger partial charge in [-0.1, -0.05) is 6.92 Å². The van der Waals surface area contributed by atoms with E-state index in [1.807, 2.05) is 24.9 Å². The molecule has 0 aromatic carbocycles. The first kappa shape index (κ1) is 14.5. The summed E-state index contributed by atoms with van der Waals surface area (Å²) in [5.41, 5.74) is 3.26. The maximum atomic E-state index is 4.53. The van der Waals surface area contributed by atoms with Crippen molar-refractivity contribution < 1.29 is 0 Å². The van der Waals surface area contributed by atoms with Gasteiger partial charge in [-0.3, -0.25) is 4.68 Å². The van der Waals surface area contributed by atoms with E-state index in [0.29, 0.717) is 0 Å². The van der Waals surface area contributed by atoms with Crippen LogP contribution in [0, 0.1) is 12.8 Å². The summed E-state index contributed by atoms with van der Waals surface area (Å²) < 4.78 is 1.85. The minimum atomic E-state index is 0.793. The highest BCUT2D eigenvalue weighted by molar-refractivity contribution is 5.78. The molecule has 0 saturated carbocycles. The zero-order chi connectivity index (χ0) is 14.8. The van der Waals surface area contributed by atoms with Crippen LogP contribution >= 0.6 is 0 Å². The molecule has 0 unspecified atom stereocenters. The predicted molar refractivity (Wildman–Crippen MR) is 85.2 cm³/mol. The number of fused-ring (bicyclic) bond motifs is 1. The van der Waals surface area contributed by atoms with Crippen molar-refractivity contribution in [1.82, 2.24) is 25.0 Å². The number of nitrogens with zero attached hydrogens (tertiary/aromatic N) is 4. The van der Waals surface area contributed by atoms with Gasteiger partial charge in [0.15, 0.2) is 5.65 Å². The monoisotopic (exact) mass is 287 g/mol. The van der Waals surface area contributed by atoms with Crippen LogP contribution < -0.4 is 5.32 Å². The molecule has 0 spiro atoms. The van der Waals surface area contributed by atoms with E-state index < -0.39 is 0 Å². The Morgan fingerprint density at radius 3 is 3.05 bits per heavy atom. The number of likely N-dealkylation sites (tertiary alicyclic amines) is 1. The number of hydrogen-bond donors (Lipinski definition) is 1. The Labute approximate surface area is 126 Å². The molecule has 1 atom stereocenters. The summed E-state index contributed by atoms with van der Waals surface area (Å²) in [5, 5.41) is 9.17. The average Bonchev–Trinajstić information content (AvgIpc) is 3.05. The zero-order valence-corrected chi connectivity index (χ0v) is 13.3. The zero-order valence-electron chi connectivity index (χ0n) is 13.3. The summed E-state index contributed by atoms with van der Waals surface area (Å²) in [5.74, 6) is 0.793. The number of aromatic nitrogens is 3. The number of nitrogens with one attached hydrogen (secondary N) is 1. The summed E-state index contributed by atoms with van der Waals surface area (Å²) in [6.45, 7) is 9.94. The average molecular weight is 287 g/mol. The first-order valence-electron chi connectivity index (χ1n) is 7.88. The first-order valence-corrected chi connectivity index (χ1v) is 7.88. The van der Waals surface area contributed by atoms with Gasteiger partial charge in [-0.25, -0.2) is 4.98 Å². The smallest absolute Gasteiger partial charge is 0.157 e. The normalized spacial score (nSPS) is 19.7. The summed E-state index contributed by atoms with van der Waals surface area (Å²) in [7, 11) is 1.94. The standard InChI is InChI=1S/C16H25N5/c1-4-21-6-5-13(11-21)8-17-9-14-7-15-12(2)19-20(3)16(15)18-10-14/h7,10,13,17H,4-6,8-9,11H2,1-3H3/t13-/m0/s1. The Morgan fingerprint density at radius 2 is 2.29 bits per heavy atom. The third-order valence-corrected chi connectivity index (χ3v) is 4.50. The maximum absolute atomic E-state index is 4.53. The van der Waals surface area contributed by atoms with E-state index in [1.165, 1.54) is 31.6 Å². The van der Waals surface area contributed by atoms with Crippen LogP contribution in [0.3, 0.4) is 0 Å². The molecule has 0 bridgehead atoms. The minimum absolute atomic E-state index is 0.793. The van der Waals surface area contributed by atoms with Crippen molar-refractivity contribution in [2.45, 2.75) is 26.8 Å². The molecule has 5 nitrogen and oxygen atoms in total. The van der Waals surface area contributed by atoms with Crippen LogP contribution in [-0.4, -0.2) is 45.8 Å². The third-order valence-electron chi connectivity index (χ3n) is 4.50. The van der Waals surface area contributed by atoms with E-state index in [1.54, 1.807) is 0 Å². The second kappa shape index (κ2) is 6.12. The van der Waals surface area contributed by atoms with E-state index >= 15 is 0 Å². The third kappa shape index (κ3) is 3.09. The molecule has 1 aliphatic rings. The van der Waals surface area contributed by atoms with Gasteiger partial charge in [0.1, 0.15) is 0 Å². The molecule has 1 saturated heterocycles. The van der Waals surface area contributed by atoms with E-state index in [0.717, 1.165) is 35.7 Å². The number of pyridine rings is 1. The van der Waals surface area contributed by atoms with Gasteiger partial charge in [0.25, 0.3) is 0 Å². The molecule has 1 aliphatic heterocycles. The molecular formula is C16H25N5. The molecule has 0 radical (unpaired) electrons. The van der Waals surface area contributed by atoms with Gasteiger partial charge < -0.3 is 10.2 Å². The predicted octanol–water partition coefficient (Wildman–Crippen LogP) is 1.71. The summed E-state index contributed by atoms with van der Waals surface area (Å²) >= 11 is 0. The topological polar surface area (TPSA) is 46.0 Å². The van der Waals surface area contributed by atoms with Gasteiger partial charge in [0, 0.05) is 31.7 Å². The lowest BCUT2D eigenvalue weighted by molar-refractivity contribution is 0.339. The van der Waals surface area contributed by atoms with Crippen molar-refractivity contribution in [3.63, 3.8) is 0 Å². The lowest BCUT2D eigenvalue weighted by Gasteiger charge is -2.13. The number of hydrogen-bond acceptors (Lipinski definition) is 4. The SMILES string of the molecule is CCN1CC[C@@H](CNCc2cnc3c(c2)c(C)nn3C)C1. The molecule has 3 heterocycles. The van der Waals surface area contributed by atoms with Crippen molar-refractivity contribution in [3.05, 3.63) is 23.5 Å². The number of aryl methyl sites for hydroxylation is 2. The van der Waals surface area contributed by atoms with Gasteiger partial charge in [0.2, 0.25) is 0 Å². The van der Waals surface area contributed by atoms with Crippen LogP contribution in [0.25, 0.3) is 11.0 Å². The molecule has 21 heavy (non-hydrogen) atoms. The Bertz CT molecular complexity index is 618. The largest absolute Gasteiger partial charge is 0.312 e. The molecule has 114 valence electrons. The minimum Gasteiger partial charge on any atom is -0.312 e. The van der Waals surface area contributed by atoms with Crippen molar-refractivity contribution in [1.29, 1.82) is 0 Å². The Morgan fingerprint density at radius 1 is 1.43 bits per heavy atom. The highest BCUT2D eigenvalue weighted by Gasteiger charge is 2.20. The molecule has 0 amide bonds. The number of rotatable bonds is 5. The van der Waals surface area contributed by atoms with E-state index in [-0.39, 0.29) is 0 Å². The fourth-order valence-electron chi connectivity index (χ4n) is 3.24. The molecule has 3 rings (SSSR count). The van der Waals surface area contributed by atoms with Gasteiger partial charge in [-0.15, -0.1) is 0 Å². The second-order valence-corrected chi connectivity index (χ2v) is 6.10. The molecule has 5 heteroatoms. The lowest BCUT2D eigenvalue weighted by atomic mass is 10.1. The molecule has 2 aromatic heterocycles. The van der Waals surface area contributed by atoms with Crippen LogP contribution in [0.1, 0.15) is 24.6 Å². The molecule has 1 fully saturated rings. The van der Waals surface area contributed by atoms with Gasteiger partial charge in [-0.05, 0) is 50.5 Å². The van der Waals surface area contributed by atoms with Gasteiger partial charge in [-0.2, -0.15) is 5.10 Å². The molecular weight excluding hydrogens is 262 g/mol. The summed E-state index contributed by atoms with van der Waals surface area (Å²) in [4.78, 5) is 7.06. The fourth-order valence-corrected chi connectivity index (χ4v) is 3.24. The fraction of sp³-hybridized carbons (Fsp3) is 0.625. The van der Waals surface area contributed by atoms with E-state index in [4.69, 9.17) is 0 Å². The Hall–Kier alpha value is -1.46. The summed E-state index contributed by atoms with van der Waals surface area (Å²) in [6, 6.07) is 2.21. The van der Waals surface area contributed by atoms with Crippen molar-refractivity contribution >= 4 is 11.0 Å². The van der Waals surface area contributed by atoms with E-state index in [9.17, 15) is 0 Å². The van der Waals surface area contributed by atoms with Gasteiger partial charge >= 0.3 is 0 Å². The van der Waals surface area contributed by atoms with Crippen molar-refractivity contribution in [2.75, 3.05) is 26.2 Å². The lowest BCUT2D eigenvalue weighted by Crippen LogP contribution is -2.26. The van der Waals surface area contributed by atoms with Crippen LogP contribution in [0.15, 0.2) is 12.3 Å². The van der Waals surface area contributed by atoms with Gasteiger partial charge in [0.05, 0.1) is 5.69 Å². The maximum Gasteiger partial charge on any atom is 0.157 e. The van der Waals surface area contributed by atoms with Crippen LogP contribution in [-0.2, 0) is 13.6 Å². The highest BCUT2D eigenvalue weighted by atomic mass is 15.3. The first-order chi connectivity index (χ1) is 10.2. The summed E-state index contributed by atoms with van der Waals surface area (Å²) in [6.07, 6.45) is 3.28.